The van der Waals surface area contributed by atoms with Gasteiger partial charge < -0.3 is 19.9 Å². The van der Waals surface area contributed by atoms with Crippen molar-refractivity contribution in [2.45, 2.75) is 51.6 Å². The van der Waals surface area contributed by atoms with Crippen molar-refractivity contribution >= 4 is 17.7 Å². The van der Waals surface area contributed by atoms with E-state index >= 15 is 0 Å². The molecule has 0 aromatic carbocycles. The summed E-state index contributed by atoms with van der Waals surface area (Å²) in [6, 6.07) is 2.06. The predicted molar refractivity (Wildman–Crippen MR) is 105 cm³/mol. The van der Waals surface area contributed by atoms with Crippen molar-refractivity contribution in [2.75, 3.05) is 50.1 Å². The van der Waals surface area contributed by atoms with Crippen molar-refractivity contribution in [1.82, 2.24) is 14.9 Å². The molecule has 27 heavy (non-hydrogen) atoms. The van der Waals surface area contributed by atoms with Gasteiger partial charge in [0.2, 0.25) is 11.9 Å². The van der Waals surface area contributed by atoms with E-state index in [0.29, 0.717) is 18.3 Å². The maximum absolute atomic E-state index is 12.4. The number of piperidine rings is 2. The maximum atomic E-state index is 12.4. The van der Waals surface area contributed by atoms with Gasteiger partial charge in [-0.25, -0.2) is 4.98 Å². The van der Waals surface area contributed by atoms with Gasteiger partial charge in [-0.05, 0) is 44.4 Å². The van der Waals surface area contributed by atoms with Crippen LogP contribution in [-0.2, 0) is 9.53 Å². The fourth-order valence-electron chi connectivity index (χ4n) is 4.75. The smallest absolute Gasteiger partial charge is 0.224 e. The molecule has 148 valence electrons. The van der Waals surface area contributed by atoms with Gasteiger partial charge in [0.05, 0.1) is 6.10 Å². The highest BCUT2D eigenvalue weighted by Crippen LogP contribution is 2.41. The lowest BCUT2D eigenvalue weighted by Crippen LogP contribution is -2.53. The van der Waals surface area contributed by atoms with Crippen molar-refractivity contribution in [2.24, 2.45) is 5.41 Å². The summed E-state index contributed by atoms with van der Waals surface area (Å²) in [7, 11) is 1.85. The number of rotatable bonds is 4. The van der Waals surface area contributed by atoms with Crippen LogP contribution in [0.15, 0.2) is 6.07 Å². The summed E-state index contributed by atoms with van der Waals surface area (Å²) in [6.45, 7) is 6.50. The number of ether oxygens (including phenoxy) is 1. The fraction of sp³-hybridized carbons (Fsp3) is 0.750. The molecule has 1 atom stereocenters. The van der Waals surface area contributed by atoms with E-state index in [4.69, 9.17) is 4.74 Å². The monoisotopic (exact) mass is 373 g/mol. The lowest BCUT2D eigenvalue weighted by Gasteiger charge is -2.48. The molecule has 0 unspecified atom stereocenters. The van der Waals surface area contributed by atoms with Gasteiger partial charge in [-0.1, -0.05) is 0 Å². The van der Waals surface area contributed by atoms with Gasteiger partial charge in [0.25, 0.3) is 0 Å². The molecule has 0 bridgehead atoms. The third-order valence-electron chi connectivity index (χ3n) is 6.41. The minimum Gasteiger partial charge on any atom is -0.376 e. The van der Waals surface area contributed by atoms with E-state index in [2.05, 4.69) is 31.2 Å². The molecule has 1 spiro atoms. The molecule has 4 heterocycles. The van der Waals surface area contributed by atoms with Crippen LogP contribution < -0.4 is 10.2 Å². The molecule has 0 radical (unpaired) electrons. The minimum absolute atomic E-state index is 0.244. The zero-order chi connectivity index (χ0) is 18.9. The van der Waals surface area contributed by atoms with Crippen molar-refractivity contribution in [3.8, 4) is 0 Å². The molecule has 1 aromatic heterocycles. The Kier molecular flexibility index (Phi) is 5.21. The standard InChI is InChI=1S/C20H31N5O2/c1-15-12-17(23-19(21-2)22-15)24-9-7-20(8-10-24)6-5-18(26)25(14-20)13-16-4-3-11-27-16/h12,16H,3-11,13-14H2,1-2H3,(H,21,22,23)/t16-/m0/s1. The average Bonchev–Trinajstić information content (AvgIpc) is 3.18. The molecular weight excluding hydrogens is 342 g/mol. The number of anilines is 2. The zero-order valence-electron chi connectivity index (χ0n) is 16.5. The molecule has 3 aliphatic heterocycles. The van der Waals surface area contributed by atoms with Crippen molar-refractivity contribution < 1.29 is 9.53 Å². The van der Waals surface area contributed by atoms with Gasteiger partial charge in [-0.2, -0.15) is 4.98 Å². The highest BCUT2D eigenvalue weighted by atomic mass is 16.5. The van der Waals surface area contributed by atoms with Crippen LogP contribution in [-0.4, -0.2) is 66.7 Å². The van der Waals surface area contributed by atoms with E-state index in [1.165, 1.54) is 0 Å². The molecule has 0 saturated carbocycles. The van der Waals surface area contributed by atoms with E-state index in [1.54, 1.807) is 0 Å². The van der Waals surface area contributed by atoms with Gasteiger partial charge in [0.1, 0.15) is 5.82 Å². The first-order valence-corrected chi connectivity index (χ1v) is 10.2. The second-order valence-corrected chi connectivity index (χ2v) is 8.34. The summed E-state index contributed by atoms with van der Waals surface area (Å²) in [6.07, 6.45) is 6.38. The summed E-state index contributed by atoms with van der Waals surface area (Å²) in [5.74, 6) is 1.99. The first-order chi connectivity index (χ1) is 13.1. The van der Waals surface area contributed by atoms with Gasteiger partial charge in [-0.3, -0.25) is 4.79 Å². The maximum Gasteiger partial charge on any atom is 0.224 e. The number of hydrogen-bond donors (Lipinski definition) is 1. The van der Waals surface area contributed by atoms with Crippen LogP contribution in [0.25, 0.3) is 0 Å². The van der Waals surface area contributed by atoms with Gasteiger partial charge in [-0.15, -0.1) is 0 Å². The third kappa shape index (κ3) is 4.03. The quantitative estimate of drug-likeness (QED) is 0.873. The van der Waals surface area contributed by atoms with E-state index in [1.807, 2.05) is 14.0 Å². The number of amides is 1. The molecule has 1 N–H and O–H groups in total. The molecule has 7 nitrogen and oxygen atoms in total. The normalized spacial score (nSPS) is 25.3. The molecule has 1 amide bonds. The Hall–Kier alpha value is -1.89. The Morgan fingerprint density at radius 1 is 1.30 bits per heavy atom. The van der Waals surface area contributed by atoms with E-state index in [9.17, 15) is 4.79 Å². The number of aryl methyl sites for hydroxylation is 1. The van der Waals surface area contributed by atoms with Crippen molar-refractivity contribution in [3.05, 3.63) is 11.8 Å². The second-order valence-electron chi connectivity index (χ2n) is 8.34. The minimum atomic E-state index is 0.244. The van der Waals surface area contributed by atoms with E-state index in [0.717, 1.165) is 76.4 Å². The van der Waals surface area contributed by atoms with Crippen molar-refractivity contribution in [3.63, 3.8) is 0 Å². The summed E-state index contributed by atoms with van der Waals surface area (Å²) >= 11 is 0. The van der Waals surface area contributed by atoms with Gasteiger partial charge in [0.15, 0.2) is 0 Å². The Morgan fingerprint density at radius 3 is 2.81 bits per heavy atom. The number of aromatic nitrogens is 2. The number of carbonyl (C=O) groups excluding carboxylic acids is 1. The zero-order valence-corrected chi connectivity index (χ0v) is 16.5. The highest BCUT2D eigenvalue weighted by Gasteiger charge is 2.41. The van der Waals surface area contributed by atoms with Crippen LogP contribution in [0.3, 0.4) is 0 Å². The molecule has 0 aliphatic carbocycles. The number of nitrogens with zero attached hydrogens (tertiary/aromatic N) is 4. The third-order valence-corrected chi connectivity index (χ3v) is 6.41. The molecular formula is C20H31N5O2. The number of carbonyl (C=O) groups is 1. The lowest BCUT2D eigenvalue weighted by molar-refractivity contribution is -0.140. The molecule has 4 rings (SSSR count). The van der Waals surface area contributed by atoms with Crippen LogP contribution in [0, 0.1) is 12.3 Å². The molecule has 1 aromatic rings. The number of likely N-dealkylation sites (tertiary alicyclic amines) is 1. The summed E-state index contributed by atoms with van der Waals surface area (Å²) < 4.78 is 5.77. The van der Waals surface area contributed by atoms with Gasteiger partial charge in [0, 0.05) is 58.0 Å². The molecule has 7 heteroatoms. The topological polar surface area (TPSA) is 70.6 Å². The predicted octanol–water partition coefficient (Wildman–Crippen LogP) is 2.21. The summed E-state index contributed by atoms with van der Waals surface area (Å²) in [5.41, 5.74) is 1.24. The Balaban J connectivity index is 1.40. The average molecular weight is 374 g/mol. The van der Waals surface area contributed by atoms with Crippen LogP contribution in [0.5, 0.6) is 0 Å². The molecule has 3 saturated heterocycles. The summed E-state index contributed by atoms with van der Waals surface area (Å²) in [4.78, 5) is 25.9. The number of hydrogen-bond acceptors (Lipinski definition) is 6. The second kappa shape index (κ2) is 7.62. The van der Waals surface area contributed by atoms with Crippen LogP contribution in [0.4, 0.5) is 11.8 Å². The summed E-state index contributed by atoms with van der Waals surface area (Å²) in [5, 5.41) is 3.04. The SMILES string of the molecule is CNc1nc(C)cc(N2CCC3(CCC(=O)N(C[C@@H]4CCCO4)C3)CC2)n1. The number of nitrogens with one attached hydrogen (secondary N) is 1. The fourth-order valence-corrected chi connectivity index (χ4v) is 4.75. The molecule has 3 fully saturated rings. The molecule has 3 aliphatic rings. The Bertz CT molecular complexity index is 681. The van der Waals surface area contributed by atoms with E-state index in [-0.39, 0.29) is 11.5 Å². The first-order valence-electron chi connectivity index (χ1n) is 10.2. The van der Waals surface area contributed by atoms with Gasteiger partial charge >= 0.3 is 0 Å². The highest BCUT2D eigenvalue weighted by molar-refractivity contribution is 5.77. The van der Waals surface area contributed by atoms with Crippen molar-refractivity contribution in [1.29, 1.82) is 0 Å². The lowest BCUT2D eigenvalue weighted by atomic mass is 9.72. The Labute approximate surface area is 161 Å². The van der Waals surface area contributed by atoms with Crippen LogP contribution >= 0.6 is 0 Å². The van der Waals surface area contributed by atoms with E-state index < -0.39 is 0 Å². The van der Waals surface area contributed by atoms with Crippen LogP contribution in [0.1, 0.15) is 44.2 Å². The van der Waals surface area contributed by atoms with Crippen LogP contribution in [0.2, 0.25) is 0 Å². The first kappa shape index (κ1) is 18.5. The Morgan fingerprint density at radius 2 is 2.11 bits per heavy atom. The largest absolute Gasteiger partial charge is 0.376 e.